The molecule has 0 aliphatic heterocycles. The molecule has 0 aliphatic carbocycles. The number of aryl methyl sites for hydroxylation is 1. The van der Waals surface area contributed by atoms with Crippen molar-refractivity contribution in [3.05, 3.63) is 71.3 Å². The second-order valence-corrected chi connectivity index (χ2v) is 5.02. The zero-order valence-electron chi connectivity index (χ0n) is 12.0. The summed E-state index contributed by atoms with van der Waals surface area (Å²) in [6.07, 6.45) is 0.441. The van der Waals surface area contributed by atoms with Crippen molar-refractivity contribution in [3.63, 3.8) is 0 Å². The molecule has 106 valence electrons. The van der Waals surface area contributed by atoms with Gasteiger partial charge in [-0.15, -0.1) is 0 Å². The van der Waals surface area contributed by atoms with E-state index in [1.54, 1.807) is 0 Å². The predicted octanol–water partition coefficient (Wildman–Crippen LogP) is 2.99. The van der Waals surface area contributed by atoms with Crippen molar-refractivity contribution in [2.24, 2.45) is 5.92 Å². The molecule has 0 heterocycles. The molecule has 0 bridgehead atoms. The molecule has 2 aromatic rings. The highest BCUT2D eigenvalue weighted by Crippen LogP contribution is 2.10. The first kappa shape index (κ1) is 14.8. The molecule has 2 rings (SSSR count). The van der Waals surface area contributed by atoms with E-state index < -0.39 is 5.92 Å². The van der Waals surface area contributed by atoms with E-state index >= 15 is 0 Å². The Hall–Kier alpha value is -2.60. The van der Waals surface area contributed by atoms with Gasteiger partial charge in [0.15, 0.2) is 0 Å². The topological polar surface area (TPSA) is 52.9 Å². The number of carbonyl (C=O) groups is 1. The molecule has 2 aromatic carbocycles. The van der Waals surface area contributed by atoms with E-state index in [0.717, 1.165) is 16.7 Å². The van der Waals surface area contributed by atoms with Crippen LogP contribution in [0.2, 0.25) is 0 Å². The maximum absolute atomic E-state index is 12.1. The molecule has 0 saturated heterocycles. The highest BCUT2D eigenvalue weighted by Gasteiger charge is 2.18. The quantitative estimate of drug-likeness (QED) is 0.914. The third-order valence-corrected chi connectivity index (χ3v) is 3.47. The smallest absolute Gasteiger partial charge is 0.237 e. The van der Waals surface area contributed by atoms with E-state index in [1.165, 1.54) is 0 Å². The summed E-state index contributed by atoms with van der Waals surface area (Å²) in [5, 5.41) is 12.0. The van der Waals surface area contributed by atoms with Gasteiger partial charge in [0.1, 0.15) is 5.92 Å². The van der Waals surface area contributed by atoms with Gasteiger partial charge in [0.2, 0.25) is 5.91 Å². The van der Waals surface area contributed by atoms with E-state index in [9.17, 15) is 10.1 Å². The average Bonchev–Trinajstić information content (AvgIpc) is 2.52. The lowest BCUT2D eigenvalue weighted by molar-refractivity contribution is -0.123. The fraction of sp³-hybridized carbons (Fsp3) is 0.222. The molecule has 0 aliphatic rings. The summed E-state index contributed by atoms with van der Waals surface area (Å²) in [6.45, 7) is 2.46. The Morgan fingerprint density at radius 2 is 1.81 bits per heavy atom. The monoisotopic (exact) mass is 278 g/mol. The van der Waals surface area contributed by atoms with Gasteiger partial charge in [-0.1, -0.05) is 54.6 Å². The third kappa shape index (κ3) is 4.19. The van der Waals surface area contributed by atoms with E-state index in [4.69, 9.17) is 0 Å². The minimum absolute atomic E-state index is 0.218. The highest BCUT2D eigenvalue weighted by atomic mass is 16.1. The summed E-state index contributed by atoms with van der Waals surface area (Å²) in [6, 6.07) is 19.6. The van der Waals surface area contributed by atoms with Crippen molar-refractivity contribution in [1.29, 1.82) is 5.26 Å². The molecule has 0 fully saturated rings. The molecule has 0 spiro atoms. The summed E-state index contributed by atoms with van der Waals surface area (Å²) in [7, 11) is 0. The lowest BCUT2D eigenvalue weighted by Gasteiger charge is -2.11. The third-order valence-electron chi connectivity index (χ3n) is 3.47. The molecule has 21 heavy (non-hydrogen) atoms. The first-order valence-corrected chi connectivity index (χ1v) is 6.96. The standard InChI is InChI=1S/C18H18N2O/c1-14-7-5-6-10-16(14)13-20-18(21)17(12-19)11-15-8-3-2-4-9-15/h2-10,17H,11,13H2,1H3,(H,20,21). The zero-order chi connectivity index (χ0) is 15.1. The first-order valence-electron chi connectivity index (χ1n) is 6.96. The predicted molar refractivity (Wildman–Crippen MR) is 82.3 cm³/mol. The van der Waals surface area contributed by atoms with Gasteiger partial charge in [0.05, 0.1) is 6.07 Å². The van der Waals surface area contributed by atoms with Crippen LogP contribution in [0.15, 0.2) is 54.6 Å². The molecule has 3 nitrogen and oxygen atoms in total. The van der Waals surface area contributed by atoms with Gasteiger partial charge < -0.3 is 5.32 Å². The molecule has 1 unspecified atom stereocenters. The normalized spacial score (nSPS) is 11.4. The fourth-order valence-electron chi connectivity index (χ4n) is 2.16. The zero-order valence-corrected chi connectivity index (χ0v) is 12.0. The number of nitriles is 1. The van der Waals surface area contributed by atoms with Crippen LogP contribution in [-0.4, -0.2) is 5.91 Å². The Labute approximate surface area is 125 Å². The van der Waals surface area contributed by atoms with Crippen molar-refractivity contribution >= 4 is 5.91 Å². The van der Waals surface area contributed by atoms with Crippen molar-refractivity contribution in [1.82, 2.24) is 5.32 Å². The summed E-state index contributed by atoms with van der Waals surface area (Å²) >= 11 is 0. The minimum atomic E-state index is -0.656. The molecule has 0 radical (unpaired) electrons. The van der Waals surface area contributed by atoms with E-state index in [2.05, 4.69) is 11.4 Å². The van der Waals surface area contributed by atoms with Crippen LogP contribution >= 0.6 is 0 Å². The summed E-state index contributed by atoms with van der Waals surface area (Å²) in [4.78, 5) is 12.1. The van der Waals surface area contributed by atoms with Gasteiger partial charge in [0, 0.05) is 6.54 Å². The van der Waals surface area contributed by atoms with Crippen LogP contribution in [0, 0.1) is 24.2 Å². The number of hydrogen-bond acceptors (Lipinski definition) is 2. The number of hydrogen-bond donors (Lipinski definition) is 1. The fourth-order valence-corrected chi connectivity index (χ4v) is 2.16. The van der Waals surface area contributed by atoms with Crippen LogP contribution in [0.5, 0.6) is 0 Å². The van der Waals surface area contributed by atoms with Crippen LogP contribution in [0.25, 0.3) is 0 Å². The Morgan fingerprint density at radius 3 is 2.48 bits per heavy atom. The molecule has 0 saturated carbocycles. The Kier molecular flexibility index (Phi) is 5.11. The highest BCUT2D eigenvalue weighted by molar-refractivity contribution is 5.81. The van der Waals surface area contributed by atoms with Gasteiger partial charge in [0.25, 0.3) is 0 Å². The van der Waals surface area contributed by atoms with Gasteiger partial charge in [-0.25, -0.2) is 0 Å². The SMILES string of the molecule is Cc1ccccc1CNC(=O)C(C#N)Cc1ccccc1. The van der Waals surface area contributed by atoms with Crippen LogP contribution in [0.1, 0.15) is 16.7 Å². The molecule has 1 atom stereocenters. The van der Waals surface area contributed by atoms with Crippen molar-refractivity contribution in [3.8, 4) is 6.07 Å². The van der Waals surface area contributed by atoms with Gasteiger partial charge >= 0.3 is 0 Å². The van der Waals surface area contributed by atoms with E-state index in [1.807, 2.05) is 61.5 Å². The molecular formula is C18H18N2O. The largest absolute Gasteiger partial charge is 0.351 e. The molecule has 0 aromatic heterocycles. The lowest BCUT2D eigenvalue weighted by Crippen LogP contribution is -2.30. The summed E-state index contributed by atoms with van der Waals surface area (Å²) in [5.41, 5.74) is 3.20. The molecular weight excluding hydrogens is 260 g/mol. The second kappa shape index (κ2) is 7.25. The summed E-state index contributed by atoms with van der Waals surface area (Å²) in [5.74, 6) is -0.874. The Morgan fingerprint density at radius 1 is 1.14 bits per heavy atom. The first-order chi connectivity index (χ1) is 10.2. The number of benzene rings is 2. The number of nitrogens with zero attached hydrogens (tertiary/aromatic N) is 1. The van der Waals surface area contributed by atoms with Crippen LogP contribution in [-0.2, 0) is 17.8 Å². The van der Waals surface area contributed by atoms with Crippen LogP contribution in [0.3, 0.4) is 0 Å². The van der Waals surface area contributed by atoms with Gasteiger partial charge in [-0.05, 0) is 30.0 Å². The minimum Gasteiger partial charge on any atom is -0.351 e. The van der Waals surface area contributed by atoms with Crippen LogP contribution < -0.4 is 5.32 Å². The van der Waals surface area contributed by atoms with Crippen molar-refractivity contribution in [2.45, 2.75) is 19.9 Å². The molecule has 3 heteroatoms. The average molecular weight is 278 g/mol. The van der Waals surface area contributed by atoms with E-state index in [0.29, 0.717) is 13.0 Å². The van der Waals surface area contributed by atoms with Crippen molar-refractivity contribution < 1.29 is 4.79 Å². The number of amides is 1. The molecule has 1 N–H and O–H groups in total. The summed E-state index contributed by atoms with van der Waals surface area (Å²) < 4.78 is 0. The molecule has 1 amide bonds. The maximum atomic E-state index is 12.1. The Balaban J connectivity index is 1.95. The van der Waals surface area contributed by atoms with Gasteiger partial charge in [-0.2, -0.15) is 5.26 Å². The van der Waals surface area contributed by atoms with Crippen LogP contribution in [0.4, 0.5) is 0 Å². The Bertz CT molecular complexity index is 644. The maximum Gasteiger partial charge on any atom is 0.237 e. The second-order valence-electron chi connectivity index (χ2n) is 5.02. The number of rotatable bonds is 5. The lowest BCUT2D eigenvalue weighted by atomic mass is 9.99. The number of nitrogens with one attached hydrogen (secondary N) is 1. The van der Waals surface area contributed by atoms with Crippen molar-refractivity contribution in [2.75, 3.05) is 0 Å². The van der Waals surface area contributed by atoms with E-state index in [-0.39, 0.29) is 5.91 Å². The van der Waals surface area contributed by atoms with Gasteiger partial charge in [-0.3, -0.25) is 4.79 Å². The number of carbonyl (C=O) groups excluding carboxylic acids is 1.